The first kappa shape index (κ1) is 16.0. The van der Waals surface area contributed by atoms with Gasteiger partial charge in [0.2, 0.25) is 0 Å². The summed E-state index contributed by atoms with van der Waals surface area (Å²) in [7, 11) is 5.70. The lowest BCUT2D eigenvalue weighted by molar-refractivity contribution is 0.0600. The maximum atomic E-state index is 11.4. The van der Waals surface area contributed by atoms with Crippen molar-refractivity contribution >= 4 is 5.97 Å². The summed E-state index contributed by atoms with van der Waals surface area (Å²) < 4.78 is 10.1. The molecule has 1 heterocycles. The molecule has 1 fully saturated rings. The number of ether oxygens (including phenoxy) is 1. The third-order valence-corrected chi connectivity index (χ3v) is 4.56. The van der Waals surface area contributed by atoms with Gasteiger partial charge in [-0.2, -0.15) is 0 Å². The molecule has 0 spiro atoms. The van der Waals surface area contributed by atoms with Crippen LogP contribution in [0.15, 0.2) is 16.7 Å². The van der Waals surface area contributed by atoms with Crippen LogP contribution in [0.3, 0.4) is 0 Å². The van der Waals surface area contributed by atoms with Gasteiger partial charge in [0.1, 0.15) is 12.0 Å². The maximum absolute atomic E-state index is 11.4. The van der Waals surface area contributed by atoms with Crippen molar-refractivity contribution in [2.45, 2.75) is 44.2 Å². The largest absolute Gasteiger partial charge is 0.467 e. The van der Waals surface area contributed by atoms with Crippen LogP contribution in [0.1, 0.15) is 48.2 Å². The second kappa shape index (κ2) is 7.09. The molecule has 0 bridgehead atoms. The van der Waals surface area contributed by atoms with Gasteiger partial charge in [-0.05, 0) is 33.0 Å². The molecule has 1 N–H and O–H groups in total. The molecular formula is C16H26N2O3. The lowest BCUT2D eigenvalue weighted by Crippen LogP contribution is -2.52. The fraction of sp³-hybridized carbons (Fsp3) is 0.688. The summed E-state index contributed by atoms with van der Waals surface area (Å²) in [6, 6.07) is 1.74. The molecule has 5 heteroatoms. The highest BCUT2D eigenvalue weighted by Gasteiger charge is 2.33. The van der Waals surface area contributed by atoms with Crippen molar-refractivity contribution in [1.29, 1.82) is 0 Å². The molecule has 0 atom stereocenters. The number of rotatable bonds is 6. The molecule has 0 aromatic carbocycles. The van der Waals surface area contributed by atoms with Gasteiger partial charge in [0.25, 0.3) is 0 Å². The predicted molar refractivity (Wildman–Crippen MR) is 81.3 cm³/mol. The summed E-state index contributed by atoms with van der Waals surface area (Å²) in [5.74, 6) is 0.405. The van der Waals surface area contributed by atoms with Gasteiger partial charge in [0.05, 0.1) is 19.2 Å². The zero-order valence-corrected chi connectivity index (χ0v) is 13.3. The van der Waals surface area contributed by atoms with Crippen molar-refractivity contribution in [3.8, 4) is 0 Å². The van der Waals surface area contributed by atoms with E-state index in [4.69, 9.17) is 4.42 Å². The van der Waals surface area contributed by atoms with Crippen molar-refractivity contribution in [2.75, 3.05) is 27.7 Å². The molecule has 118 valence electrons. The van der Waals surface area contributed by atoms with Crippen LogP contribution in [0.4, 0.5) is 0 Å². The molecule has 1 aliphatic carbocycles. The third kappa shape index (κ3) is 3.86. The molecule has 5 nitrogen and oxygen atoms in total. The number of carbonyl (C=O) groups is 1. The van der Waals surface area contributed by atoms with Gasteiger partial charge in [-0.1, -0.05) is 19.3 Å². The van der Waals surface area contributed by atoms with Gasteiger partial charge in [-0.3, -0.25) is 0 Å². The Balaban J connectivity index is 1.87. The number of esters is 1. The first-order valence-corrected chi connectivity index (χ1v) is 7.61. The minimum atomic E-state index is -0.359. The van der Waals surface area contributed by atoms with Crippen molar-refractivity contribution in [2.24, 2.45) is 0 Å². The van der Waals surface area contributed by atoms with Crippen LogP contribution in [0.2, 0.25) is 0 Å². The summed E-state index contributed by atoms with van der Waals surface area (Å²) in [6.07, 6.45) is 7.86. The van der Waals surface area contributed by atoms with Gasteiger partial charge in [0.15, 0.2) is 0 Å². The highest BCUT2D eigenvalue weighted by Crippen LogP contribution is 2.31. The van der Waals surface area contributed by atoms with E-state index in [9.17, 15) is 4.79 Å². The van der Waals surface area contributed by atoms with E-state index in [0.29, 0.717) is 12.1 Å². The van der Waals surface area contributed by atoms with E-state index in [-0.39, 0.29) is 11.5 Å². The molecule has 1 aromatic heterocycles. The van der Waals surface area contributed by atoms with E-state index in [1.165, 1.54) is 45.5 Å². The Morgan fingerprint density at radius 1 is 1.38 bits per heavy atom. The van der Waals surface area contributed by atoms with E-state index in [0.717, 1.165) is 12.3 Å². The van der Waals surface area contributed by atoms with Crippen LogP contribution in [0.25, 0.3) is 0 Å². The number of nitrogens with one attached hydrogen (secondary N) is 1. The number of carbonyl (C=O) groups excluding carboxylic acids is 1. The number of likely N-dealkylation sites (N-methyl/N-ethyl adjacent to an activating group) is 1. The van der Waals surface area contributed by atoms with Crippen LogP contribution in [0.5, 0.6) is 0 Å². The Morgan fingerprint density at radius 3 is 2.71 bits per heavy atom. The van der Waals surface area contributed by atoms with E-state index in [1.54, 1.807) is 6.07 Å². The van der Waals surface area contributed by atoms with Gasteiger partial charge >= 0.3 is 5.97 Å². The maximum Gasteiger partial charge on any atom is 0.341 e. The van der Waals surface area contributed by atoms with Crippen molar-refractivity contribution in [1.82, 2.24) is 10.2 Å². The summed E-state index contributed by atoms with van der Waals surface area (Å²) in [5, 5.41) is 3.48. The summed E-state index contributed by atoms with van der Waals surface area (Å²) >= 11 is 0. The Hall–Kier alpha value is -1.33. The molecule has 1 aliphatic rings. The molecule has 2 rings (SSSR count). The van der Waals surface area contributed by atoms with Crippen molar-refractivity contribution in [3.63, 3.8) is 0 Å². The van der Waals surface area contributed by atoms with Crippen LogP contribution in [-0.4, -0.2) is 44.2 Å². The first-order chi connectivity index (χ1) is 10.1. The van der Waals surface area contributed by atoms with Gasteiger partial charge in [-0.15, -0.1) is 0 Å². The zero-order chi connectivity index (χ0) is 15.3. The van der Waals surface area contributed by atoms with Gasteiger partial charge in [-0.25, -0.2) is 4.79 Å². The van der Waals surface area contributed by atoms with Crippen LogP contribution < -0.4 is 5.32 Å². The Morgan fingerprint density at radius 2 is 2.10 bits per heavy atom. The van der Waals surface area contributed by atoms with E-state index >= 15 is 0 Å². The molecule has 0 unspecified atom stereocenters. The second-order valence-electron chi connectivity index (χ2n) is 6.08. The lowest BCUT2D eigenvalue weighted by atomic mass is 9.80. The van der Waals surface area contributed by atoms with Crippen LogP contribution in [0, 0.1) is 0 Å². The molecular weight excluding hydrogens is 268 g/mol. The first-order valence-electron chi connectivity index (χ1n) is 7.61. The summed E-state index contributed by atoms with van der Waals surface area (Å²) in [4.78, 5) is 13.7. The summed E-state index contributed by atoms with van der Waals surface area (Å²) in [5.41, 5.74) is 0.713. The molecule has 1 saturated carbocycles. The molecule has 0 saturated heterocycles. The third-order valence-electron chi connectivity index (χ3n) is 4.56. The van der Waals surface area contributed by atoms with Crippen molar-refractivity contribution in [3.05, 3.63) is 23.7 Å². The topological polar surface area (TPSA) is 54.7 Å². The normalized spacial score (nSPS) is 17.9. The van der Waals surface area contributed by atoms with Crippen LogP contribution >= 0.6 is 0 Å². The minimum Gasteiger partial charge on any atom is -0.467 e. The van der Waals surface area contributed by atoms with Crippen LogP contribution in [-0.2, 0) is 11.3 Å². The average molecular weight is 294 g/mol. The number of furan rings is 1. The number of hydrogen-bond acceptors (Lipinski definition) is 5. The Labute approximate surface area is 126 Å². The molecule has 0 amide bonds. The van der Waals surface area contributed by atoms with Gasteiger partial charge in [0, 0.05) is 12.1 Å². The SMILES string of the molecule is COC(=O)c1coc(CNCC2(N(C)C)CCCCC2)c1. The number of hydrogen-bond donors (Lipinski definition) is 1. The average Bonchev–Trinajstić information content (AvgIpc) is 2.96. The molecule has 21 heavy (non-hydrogen) atoms. The molecule has 0 radical (unpaired) electrons. The highest BCUT2D eigenvalue weighted by molar-refractivity contribution is 5.88. The highest BCUT2D eigenvalue weighted by atomic mass is 16.5. The van der Waals surface area contributed by atoms with E-state index in [2.05, 4.69) is 29.0 Å². The molecule has 0 aliphatic heterocycles. The van der Waals surface area contributed by atoms with E-state index in [1.807, 2.05) is 0 Å². The number of methoxy groups -OCH3 is 1. The number of nitrogens with zero attached hydrogens (tertiary/aromatic N) is 1. The fourth-order valence-electron chi connectivity index (χ4n) is 3.11. The van der Waals surface area contributed by atoms with E-state index < -0.39 is 0 Å². The zero-order valence-electron chi connectivity index (χ0n) is 13.3. The second-order valence-corrected chi connectivity index (χ2v) is 6.08. The smallest absolute Gasteiger partial charge is 0.341 e. The predicted octanol–water partition coefficient (Wildman–Crippen LogP) is 2.42. The summed E-state index contributed by atoms with van der Waals surface area (Å²) in [6.45, 7) is 1.57. The lowest BCUT2D eigenvalue weighted by Gasteiger charge is -2.43. The Kier molecular flexibility index (Phi) is 5.42. The van der Waals surface area contributed by atoms with Gasteiger partial charge < -0.3 is 19.4 Å². The quantitative estimate of drug-likeness (QED) is 0.817. The minimum absolute atomic E-state index is 0.246. The fourth-order valence-corrected chi connectivity index (χ4v) is 3.11. The monoisotopic (exact) mass is 294 g/mol. The molecule has 1 aromatic rings. The van der Waals surface area contributed by atoms with Crippen molar-refractivity contribution < 1.29 is 13.9 Å². The standard InChI is InChI=1S/C16H26N2O3/c1-18(2)16(7-5-4-6-8-16)12-17-10-14-9-13(11-21-14)15(19)20-3/h9,11,17H,4-8,10,12H2,1-3H3. The Bertz CT molecular complexity index is 462.